The Morgan fingerprint density at radius 3 is 2.82 bits per heavy atom. The van der Waals surface area contributed by atoms with Crippen LogP contribution in [0, 0.1) is 12.3 Å². The molecule has 88 valence electrons. The van der Waals surface area contributed by atoms with Gasteiger partial charge < -0.3 is 10.4 Å². The molecule has 0 saturated heterocycles. The number of carboxylic acid groups (broad SMARTS) is 1. The number of amides is 1. The quantitative estimate of drug-likeness (QED) is 0.757. The Hall–Kier alpha value is -2.28. The fourth-order valence-corrected chi connectivity index (χ4v) is 1.35. The first kappa shape index (κ1) is 12.8. The van der Waals surface area contributed by atoms with Crippen molar-refractivity contribution in [2.45, 2.75) is 19.3 Å². The zero-order valence-corrected chi connectivity index (χ0v) is 9.27. The van der Waals surface area contributed by atoms with E-state index in [9.17, 15) is 9.59 Å². The van der Waals surface area contributed by atoms with Gasteiger partial charge in [-0.2, -0.15) is 0 Å². The molecule has 17 heavy (non-hydrogen) atoms. The largest absolute Gasteiger partial charge is 0.481 e. The lowest BCUT2D eigenvalue weighted by Crippen LogP contribution is -2.10. The summed E-state index contributed by atoms with van der Waals surface area (Å²) in [6.07, 6.45) is 5.55. The molecule has 0 aliphatic rings. The van der Waals surface area contributed by atoms with Gasteiger partial charge in [0.05, 0.1) is 6.42 Å². The summed E-state index contributed by atoms with van der Waals surface area (Å²) in [5.74, 6) is 1.16. The number of aryl methyl sites for hydroxylation is 1. The molecule has 0 saturated carbocycles. The van der Waals surface area contributed by atoms with Crippen LogP contribution in [-0.4, -0.2) is 17.0 Å². The Morgan fingerprint density at radius 1 is 1.41 bits per heavy atom. The Balaban J connectivity index is 2.63. The molecule has 0 bridgehead atoms. The van der Waals surface area contributed by atoms with Crippen molar-refractivity contribution >= 4 is 17.6 Å². The van der Waals surface area contributed by atoms with Crippen LogP contribution >= 0.6 is 0 Å². The van der Waals surface area contributed by atoms with Crippen LogP contribution in [0.25, 0.3) is 0 Å². The van der Waals surface area contributed by atoms with Gasteiger partial charge in [-0.25, -0.2) is 0 Å². The van der Waals surface area contributed by atoms with Gasteiger partial charge in [0.2, 0.25) is 5.91 Å². The predicted molar refractivity (Wildman–Crippen MR) is 64.5 cm³/mol. The van der Waals surface area contributed by atoms with Crippen molar-refractivity contribution in [1.82, 2.24) is 0 Å². The number of benzene rings is 1. The van der Waals surface area contributed by atoms with E-state index in [1.165, 1.54) is 0 Å². The van der Waals surface area contributed by atoms with E-state index in [-0.39, 0.29) is 18.7 Å². The van der Waals surface area contributed by atoms with Crippen LogP contribution in [0.3, 0.4) is 0 Å². The molecular formula is C13H13NO3. The van der Waals surface area contributed by atoms with Crippen molar-refractivity contribution in [3.8, 4) is 12.3 Å². The molecule has 0 aliphatic carbocycles. The second-order valence-corrected chi connectivity index (χ2v) is 3.52. The molecule has 0 aliphatic heterocycles. The summed E-state index contributed by atoms with van der Waals surface area (Å²) in [5.41, 5.74) is 1.50. The van der Waals surface area contributed by atoms with E-state index < -0.39 is 5.97 Å². The van der Waals surface area contributed by atoms with Crippen LogP contribution in [-0.2, 0) is 16.0 Å². The summed E-state index contributed by atoms with van der Waals surface area (Å²) in [6.45, 7) is 0. The van der Waals surface area contributed by atoms with E-state index in [2.05, 4.69) is 11.2 Å². The van der Waals surface area contributed by atoms with Gasteiger partial charge in [-0.3, -0.25) is 9.59 Å². The molecule has 0 atom stereocenters. The number of rotatable bonds is 5. The molecule has 0 unspecified atom stereocenters. The van der Waals surface area contributed by atoms with Gasteiger partial charge in [-0.05, 0) is 24.1 Å². The number of aliphatic carboxylic acids is 1. The van der Waals surface area contributed by atoms with Crippen molar-refractivity contribution in [2.24, 2.45) is 0 Å². The molecule has 0 radical (unpaired) electrons. The fourth-order valence-electron chi connectivity index (χ4n) is 1.35. The molecule has 0 aromatic heterocycles. The van der Waals surface area contributed by atoms with Crippen molar-refractivity contribution < 1.29 is 14.7 Å². The maximum atomic E-state index is 11.2. The minimum absolute atomic E-state index is 0.0271. The predicted octanol–water partition coefficient (Wildman–Crippen LogP) is 1.67. The minimum atomic E-state index is -0.841. The van der Waals surface area contributed by atoms with Crippen molar-refractivity contribution in [1.29, 1.82) is 0 Å². The first-order chi connectivity index (χ1) is 8.11. The maximum Gasteiger partial charge on any atom is 0.303 e. The number of anilines is 1. The number of carboxylic acids is 1. The van der Waals surface area contributed by atoms with E-state index in [1.807, 2.05) is 6.07 Å². The van der Waals surface area contributed by atoms with Crippen LogP contribution in [0.1, 0.15) is 18.4 Å². The first-order valence-electron chi connectivity index (χ1n) is 5.16. The highest BCUT2D eigenvalue weighted by atomic mass is 16.4. The highest BCUT2D eigenvalue weighted by Gasteiger charge is 2.02. The number of hydrogen-bond acceptors (Lipinski definition) is 2. The van der Waals surface area contributed by atoms with E-state index in [0.29, 0.717) is 12.1 Å². The average Bonchev–Trinajstić information content (AvgIpc) is 2.27. The number of hydrogen-bond donors (Lipinski definition) is 2. The smallest absolute Gasteiger partial charge is 0.303 e. The third-order valence-corrected chi connectivity index (χ3v) is 2.10. The third-order valence-electron chi connectivity index (χ3n) is 2.10. The second kappa shape index (κ2) is 6.33. The molecule has 1 amide bonds. The van der Waals surface area contributed by atoms with Crippen molar-refractivity contribution in [2.75, 3.05) is 5.32 Å². The Bertz CT molecular complexity index is 460. The minimum Gasteiger partial charge on any atom is -0.481 e. The zero-order chi connectivity index (χ0) is 12.7. The van der Waals surface area contributed by atoms with Gasteiger partial charge in [0, 0.05) is 12.1 Å². The highest BCUT2D eigenvalue weighted by molar-refractivity contribution is 5.92. The molecular weight excluding hydrogens is 218 g/mol. The lowest BCUT2D eigenvalue weighted by molar-refractivity contribution is -0.137. The number of terminal acetylenes is 1. The summed E-state index contributed by atoms with van der Waals surface area (Å²) in [5, 5.41) is 11.2. The van der Waals surface area contributed by atoms with Gasteiger partial charge in [0.1, 0.15) is 0 Å². The summed E-state index contributed by atoms with van der Waals surface area (Å²) in [7, 11) is 0. The topological polar surface area (TPSA) is 66.4 Å². The number of carbonyl (C=O) groups excluding carboxylic acids is 1. The van der Waals surface area contributed by atoms with Crippen LogP contribution in [0.2, 0.25) is 0 Å². The number of carbonyl (C=O) groups is 2. The summed E-state index contributed by atoms with van der Waals surface area (Å²) >= 11 is 0. The third kappa shape index (κ3) is 4.85. The van der Waals surface area contributed by atoms with E-state index in [4.69, 9.17) is 11.5 Å². The Morgan fingerprint density at radius 2 is 2.18 bits per heavy atom. The number of nitrogens with one attached hydrogen (secondary N) is 1. The lowest BCUT2D eigenvalue weighted by atomic mass is 10.1. The summed E-state index contributed by atoms with van der Waals surface area (Å²) < 4.78 is 0. The van der Waals surface area contributed by atoms with Gasteiger partial charge >= 0.3 is 5.97 Å². The SMILES string of the molecule is C#CCC(=O)Nc1cccc(CCC(=O)O)c1. The molecule has 4 heteroatoms. The molecule has 0 fully saturated rings. The molecule has 0 spiro atoms. The Labute approximate surface area is 99.7 Å². The van der Waals surface area contributed by atoms with Gasteiger partial charge in [-0.1, -0.05) is 18.1 Å². The molecule has 1 rings (SSSR count). The van der Waals surface area contributed by atoms with Crippen LogP contribution in [0.5, 0.6) is 0 Å². The normalized spacial score (nSPS) is 9.35. The first-order valence-corrected chi connectivity index (χ1v) is 5.16. The van der Waals surface area contributed by atoms with Crippen LogP contribution in [0.15, 0.2) is 24.3 Å². The molecule has 0 heterocycles. The average molecular weight is 231 g/mol. The monoisotopic (exact) mass is 231 g/mol. The molecule has 1 aromatic carbocycles. The van der Waals surface area contributed by atoms with Crippen molar-refractivity contribution in [3.63, 3.8) is 0 Å². The second-order valence-electron chi connectivity index (χ2n) is 3.52. The van der Waals surface area contributed by atoms with Gasteiger partial charge in [0.15, 0.2) is 0 Å². The fraction of sp³-hybridized carbons (Fsp3) is 0.231. The standard InChI is InChI=1S/C13H13NO3/c1-2-4-12(15)14-11-6-3-5-10(9-11)7-8-13(16)17/h1,3,5-6,9H,4,7-8H2,(H,14,15)(H,16,17). The molecule has 1 aromatic rings. The summed E-state index contributed by atoms with van der Waals surface area (Å²) in [4.78, 5) is 21.7. The maximum absolute atomic E-state index is 11.2. The van der Waals surface area contributed by atoms with Crippen molar-refractivity contribution in [3.05, 3.63) is 29.8 Å². The van der Waals surface area contributed by atoms with Gasteiger partial charge in [0.25, 0.3) is 0 Å². The lowest BCUT2D eigenvalue weighted by Gasteiger charge is -2.05. The Kier molecular flexibility index (Phi) is 4.77. The van der Waals surface area contributed by atoms with Crippen LogP contribution in [0.4, 0.5) is 5.69 Å². The van der Waals surface area contributed by atoms with Gasteiger partial charge in [-0.15, -0.1) is 6.42 Å². The van der Waals surface area contributed by atoms with E-state index in [1.54, 1.807) is 18.2 Å². The highest BCUT2D eigenvalue weighted by Crippen LogP contribution is 2.12. The van der Waals surface area contributed by atoms with Crippen LogP contribution < -0.4 is 5.32 Å². The summed E-state index contributed by atoms with van der Waals surface area (Å²) in [6, 6.07) is 7.07. The molecule has 2 N–H and O–H groups in total. The molecule has 4 nitrogen and oxygen atoms in total. The van der Waals surface area contributed by atoms with E-state index in [0.717, 1.165) is 5.56 Å². The zero-order valence-electron chi connectivity index (χ0n) is 9.27. The van der Waals surface area contributed by atoms with E-state index >= 15 is 0 Å².